The molecule has 0 unspecified atom stereocenters. The molecular formula is C91H184Br2ClN5. The molecule has 0 bridgehead atoms. The smallest absolute Gasteiger partial charge is 0.0780 e. The number of quaternary nitrogens is 3. The minimum absolute atomic E-state index is 0. The number of halogens is 3. The standard InChI is InChI=1S/3C19H42N.2C17H29N.2BrH.ClH/c3*1-5-6-7-8-9-10-11-12-13-14-15-16-17-18-19-20(2,3)4;2*1-2-3-4-5-6-7-8-9-10-11-14-17-15-12-13-16-18-17;;;/h3*5-19H2,1-4H3;2*12-13,15-16H,2-11,14H2,1H3;3*1H/q3*+1;;;;;/p-3. The van der Waals surface area contributed by atoms with Crippen LogP contribution in [0.3, 0.4) is 0 Å². The van der Waals surface area contributed by atoms with E-state index in [1.807, 2.05) is 24.5 Å². The number of aromatic nitrogens is 2. The molecule has 5 nitrogen and oxygen atoms in total. The van der Waals surface area contributed by atoms with Crippen LogP contribution in [0.25, 0.3) is 0 Å². The molecule has 0 saturated heterocycles. The zero-order valence-electron chi connectivity index (χ0n) is 70.4. The van der Waals surface area contributed by atoms with E-state index in [2.05, 4.69) is 132 Å². The number of aryl methyl sites for hydroxylation is 2. The number of hydrogen-bond acceptors (Lipinski definition) is 2. The van der Waals surface area contributed by atoms with Gasteiger partial charge in [-0.05, 0) is 88.5 Å². The number of hydrogen-bond donors (Lipinski definition) is 0. The highest BCUT2D eigenvalue weighted by Gasteiger charge is 2.08. The Balaban J connectivity index is -0.000000271. The molecule has 0 aliphatic heterocycles. The zero-order valence-corrected chi connectivity index (χ0v) is 74.3. The lowest BCUT2D eigenvalue weighted by molar-refractivity contribution is -0.870. The predicted molar refractivity (Wildman–Crippen MR) is 439 cm³/mol. The molecule has 0 radical (unpaired) electrons. The normalized spacial score (nSPS) is 11.2. The zero-order chi connectivity index (χ0) is 71.1. The lowest BCUT2D eigenvalue weighted by Gasteiger charge is -2.23. The molecule has 0 saturated carbocycles. The lowest BCUT2D eigenvalue weighted by Crippen LogP contribution is -3.00. The fourth-order valence-corrected chi connectivity index (χ4v) is 13.0. The summed E-state index contributed by atoms with van der Waals surface area (Å²) in [5.74, 6) is 0. The van der Waals surface area contributed by atoms with Crippen LogP contribution in [0.1, 0.15) is 444 Å². The van der Waals surface area contributed by atoms with Crippen LogP contribution in [-0.4, -0.2) is 106 Å². The lowest BCUT2D eigenvalue weighted by atomic mass is 10.0. The van der Waals surface area contributed by atoms with Crippen molar-refractivity contribution in [1.82, 2.24) is 9.97 Å². The van der Waals surface area contributed by atoms with Gasteiger partial charge < -0.3 is 59.8 Å². The molecule has 2 aromatic rings. The summed E-state index contributed by atoms with van der Waals surface area (Å²) in [6.07, 6.45) is 95.3. The van der Waals surface area contributed by atoms with Gasteiger partial charge in [0.1, 0.15) is 0 Å². The Morgan fingerprint density at radius 2 is 0.343 bits per heavy atom. The van der Waals surface area contributed by atoms with Crippen molar-refractivity contribution in [2.75, 3.05) is 83.1 Å². The second-order valence-electron chi connectivity index (χ2n) is 33.3. The van der Waals surface area contributed by atoms with Gasteiger partial charge in [-0.25, -0.2) is 0 Å². The van der Waals surface area contributed by atoms with Crippen LogP contribution in [0.4, 0.5) is 0 Å². The van der Waals surface area contributed by atoms with Crippen molar-refractivity contribution in [3.63, 3.8) is 0 Å². The Kier molecular flexibility index (Phi) is 99.2. The summed E-state index contributed by atoms with van der Waals surface area (Å²) < 4.78 is 3.37. The molecule has 2 rings (SSSR count). The number of pyridine rings is 2. The van der Waals surface area contributed by atoms with Crippen LogP contribution < -0.4 is 46.4 Å². The maximum atomic E-state index is 4.35. The van der Waals surface area contributed by atoms with Gasteiger partial charge in [-0.1, -0.05) is 393 Å². The summed E-state index contributed by atoms with van der Waals surface area (Å²) in [6, 6.07) is 12.4. The van der Waals surface area contributed by atoms with E-state index in [0.29, 0.717) is 0 Å². The van der Waals surface area contributed by atoms with Crippen LogP contribution in [0.2, 0.25) is 0 Å². The second-order valence-corrected chi connectivity index (χ2v) is 33.3. The van der Waals surface area contributed by atoms with E-state index in [1.54, 1.807) is 0 Å². The van der Waals surface area contributed by atoms with E-state index >= 15 is 0 Å². The maximum Gasteiger partial charge on any atom is 0.0780 e. The molecule has 0 aromatic carbocycles. The van der Waals surface area contributed by atoms with Crippen LogP contribution >= 0.6 is 0 Å². The van der Waals surface area contributed by atoms with E-state index in [0.717, 1.165) is 26.3 Å². The van der Waals surface area contributed by atoms with E-state index in [4.69, 9.17) is 0 Å². The van der Waals surface area contributed by atoms with Gasteiger partial charge in [0.05, 0.1) is 83.1 Å². The summed E-state index contributed by atoms with van der Waals surface area (Å²) in [7, 11) is 20.6. The Labute approximate surface area is 654 Å². The maximum absolute atomic E-state index is 4.35. The SMILES string of the molecule is CCCCCCCCCCCCCCCC[N+](C)(C)C.CCCCCCCCCCCCCCCC[N+](C)(C)C.CCCCCCCCCCCCCCCC[N+](C)(C)C.CCCCCCCCCCCCc1ccccn1.CCCCCCCCCCCCc1ccccn1.[Br-].[Br-].[Cl-]. The fourth-order valence-electron chi connectivity index (χ4n) is 13.0. The van der Waals surface area contributed by atoms with Gasteiger partial charge in [0.25, 0.3) is 0 Å². The number of nitrogens with zero attached hydrogens (tertiary/aromatic N) is 5. The van der Waals surface area contributed by atoms with Crippen molar-refractivity contribution >= 4 is 0 Å². The molecule has 594 valence electrons. The molecule has 2 aromatic heterocycles. The summed E-state index contributed by atoms with van der Waals surface area (Å²) >= 11 is 0. The minimum atomic E-state index is 0. The van der Waals surface area contributed by atoms with Gasteiger partial charge in [-0.3, -0.25) is 9.97 Å². The highest BCUT2D eigenvalue weighted by atomic mass is 79.9. The van der Waals surface area contributed by atoms with Crippen molar-refractivity contribution in [1.29, 1.82) is 0 Å². The fraction of sp³-hybridized carbons (Fsp3) is 0.890. The highest BCUT2D eigenvalue weighted by Crippen LogP contribution is 2.19. The predicted octanol–water partition coefficient (Wildman–Crippen LogP) is 20.6. The Morgan fingerprint density at radius 3 is 0.475 bits per heavy atom. The topological polar surface area (TPSA) is 25.8 Å². The third-order valence-electron chi connectivity index (χ3n) is 19.6. The first-order chi connectivity index (χ1) is 46.5. The molecule has 8 heteroatoms. The third-order valence-corrected chi connectivity index (χ3v) is 19.6. The summed E-state index contributed by atoms with van der Waals surface area (Å²) in [5, 5.41) is 0. The highest BCUT2D eigenvalue weighted by molar-refractivity contribution is 5.04. The first-order valence-electron chi connectivity index (χ1n) is 43.8. The minimum Gasteiger partial charge on any atom is -1.00 e. The average Bonchev–Trinajstić information content (AvgIpc) is 2.26. The van der Waals surface area contributed by atoms with Gasteiger partial charge in [0.2, 0.25) is 0 Å². The quantitative estimate of drug-likeness (QED) is 0.0487. The van der Waals surface area contributed by atoms with Crippen LogP contribution in [0.5, 0.6) is 0 Å². The molecule has 0 atom stereocenters. The summed E-state index contributed by atoms with van der Waals surface area (Å²) in [6.45, 7) is 15.4. The first-order valence-corrected chi connectivity index (χ1v) is 43.8. The number of unbranched alkanes of at least 4 members (excludes halogenated alkanes) is 57. The van der Waals surface area contributed by atoms with Crippen LogP contribution in [0.15, 0.2) is 48.8 Å². The third kappa shape index (κ3) is 109. The van der Waals surface area contributed by atoms with E-state index in [1.165, 1.54) is 429 Å². The first kappa shape index (κ1) is 109. The molecule has 0 spiro atoms. The summed E-state index contributed by atoms with van der Waals surface area (Å²) in [5.41, 5.74) is 2.49. The van der Waals surface area contributed by atoms with Gasteiger partial charge in [0.15, 0.2) is 0 Å². The monoisotopic (exact) mass is 1540 g/mol. The Bertz CT molecular complexity index is 1500. The van der Waals surface area contributed by atoms with Crippen molar-refractivity contribution < 1.29 is 59.8 Å². The van der Waals surface area contributed by atoms with Gasteiger partial charge >= 0.3 is 0 Å². The van der Waals surface area contributed by atoms with Gasteiger partial charge in [-0.2, -0.15) is 0 Å². The van der Waals surface area contributed by atoms with Gasteiger partial charge in [-0.15, -0.1) is 0 Å². The summed E-state index contributed by atoms with van der Waals surface area (Å²) in [4.78, 5) is 8.71. The van der Waals surface area contributed by atoms with Gasteiger partial charge in [0, 0.05) is 23.8 Å². The molecule has 99 heavy (non-hydrogen) atoms. The van der Waals surface area contributed by atoms with Crippen molar-refractivity contribution in [3.8, 4) is 0 Å². The Hall–Kier alpha value is -0.570. The molecule has 0 aliphatic carbocycles. The average molecular weight is 1540 g/mol. The molecule has 0 fully saturated rings. The molecule has 0 N–H and O–H groups in total. The van der Waals surface area contributed by atoms with Crippen molar-refractivity contribution in [3.05, 3.63) is 60.2 Å². The Morgan fingerprint density at radius 1 is 0.202 bits per heavy atom. The largest absolute Gasteiger partial charge is 1.00 e. The van der Waals surface area contributed by atoms with E-state index < -0.39 is 0 Å². The molecule has 2 heterocycles. The van der Waals surface area contributed by atoms with Crippen molar-refractivity contribution in [2.24, 2.45) is 0 Å². The second kappa shape index (κ2) is 89.8. The van der Waals surface area contributed by atoms with E-state index in [-0.39, 0.29) is 46.4 Å². The molecular weight excluding hydrogens is 1360 g/mol. The molecule has 0 amide bonds. The van der Waals surface area contributed by atoms with Crippen LogP contribution in [0, 0.1) is 0 Å². The number of rotatable bonds is 67. The molecule has 0 aliphatic rings. The van der Waals surface area contributed by atoms with Crippen LogP contribution in [-0.2, 0) is 12.8 Å². The van der Waals surface area contributed by atoms with Crippen molar-refractivity contribution in [2.45, 2.75) is 446 Å². The van der Waals surface area contributed by atoms with E-state index in [9.17, 15) is 0 Å².